The van der Waals surface area contributed by atoms with E-state index in [0.29, 0.717) is 34.9 Å². The van der Waals surface area contributed by atoms with Crippen molar-refractivity contribution in [3.05, 3.63) is 51.8 Å². The average Bonchev–Trinajstić information content (AvgIpc) is 3.38. The SMILES string of the molecule is Cc1ccc([N+](=O)[O-])cc1-c1ccc(/C=N\Nc2nc(N3CCCCC3)nc(N3CCCCC3)n2)o1. The Labute approximate surface area is 209 Å². The molecule has 2 aliphatic rings. The lowest BCUT2D eigenvalue weighted by Gasteiger charge is -2.30. The van der Waals surface area contributed by atoms with Crippen LogP contribution in [-0.2, 0) is 0 Å². The molecule has 0 unspecified atom stereocenters. The highest BCUT2D eigenvalue weighted by molar-refractivity contribution is 5.78. The van der Waals surface area contributed by atoms with Crippen molar-refractivity contribution < 1.29 is 9.34 Å². The summed E-state index contributed by atoms with van der Waals surface area (Å²) in [4.78, 5) is 29.2. The van der Waals surface area contributed by atoms with E-state index >= 15 is 0 Å². The molecule has 0 bridgehead atoms. The van der Waals surface area contributed by atoms with Crippen LogP contribution >= 0.6 is 0 Å². The molecule has 0 atom stereocenters. The molecule has 11 heteroatoms. The standard InChI is InChI=1S/C25H30N8O3/c1-18-8-9-19(33(34)35)16-21(18)22-11-10-20(36-22)17-26-30-23-27-24(31-12-4-2-5-13-31)29-25(28-23)32-14-6-3-7-15-32/h8-11,16-17H,2-7,12-15H2,1H3,(H,27,28,29,30)/b26-17-. The molecular formula is C25H30N8O3. The molecular weight excluding hydrogens is 460 g/mol. The first-order valence-electron chi connectivity index (χ1n) is 12.5. The molecule has 5 rings (SSSR count). The van der Waals surface area contributed by atoms with E-state index < -0.39 is 4.92 Å². The fourth-order valence-corrected chi connectivity index (χ4v) is 4.58. The van der Waals surface area contributed by atoms with E-state index in [1.165, 1.54) is 25.0 Å². The number of benzene rings is 1. The lowest BCUT2D eigenvalue weighted by Crippen LogP contribution is -2.34. The van der Waals surface area contributed by atoms with E-state index in [-0.39, 0.29) is 5.69 Å². The van der Waals surface area contributed by atoms with Crippen LogP contribution in [0.4, 0.5) is 23.5 Å². The number of hydrogen-bond acceptors (Lipinski definition) is 10. The van der Waals surface area contributed by atoms with E-state index in [1.807, 2.05) is 6.92 Å². The number of rotatable bonds is 7. The van der Waals surface area contributed by atoms with E-state index in [0.717, 1.165) is 57.4 Å². The minimum absolute atomic E-state index is 0.0211. The van der Waals surface area contributed by atoms with Crippen molar-refractivity contribution in [2.45, 2.75) is 45.4 Å². The maximum Gasteiger partial charge on any atom is 0.270 e. The van der Waals surface area contributed by atoms with Gasteiger partial charge >= 0.3 is 0 Å². The van der Waals surface area contributed by atoms with E-state index in [4.69, 9.17) is 9.40 Å². The Morgan fingerprint density at radius 1 is 0.944 bits per heavy atom. The third-order valence-corrected chi connectivity index (χ3v) is 6.57. The molecule has 0 aliphatic carbocycles. The fourth-order valence-electron chi connectivity index (χ4n) is 4.58. The molecule has 0 radical (unpaired) electrons. The number of hydrogen-bond donors (Lipinski definition) is 1. The summed E-state index contributed by atoms with van der Waals surface area (Å²) < 4.78 is 5.88. The van der Waals surface area contributed by atoms with Crippen molar-refractivity contribution >= 4 is 29.7 Å². The maximum absolute atomic E-state index is 11.2. The summed E-state index contributed by atoms with van der Waals surface area (Å²) >= 11 is 0. The second kappa shape index (κ2) is 10.7. The average molecular weight is 491 g/mol. The summed E-state index contributed by atoms with van der Waals surface area (Å²) in [6, 6.07) is 8.26. The van der Waals surface area contributed by atoms with Crippen molar-refractivity contribution in [1.29, 1.82) is 0 Å². The van der Waals surface area contributed by atoms with Crippen molar-refractivity contribution in [2.24, 2.45) is 5.10 Å². The largest absolute Gasteiger partial charge is 0.455 e. The van der Waals surface area contributed by atoms with Crippen LogP contribution < -0.4 is 15.2 Å². The second-order valence-corrected chi connectivity index (χ2v) is 9.18. The van der Waals surface area contributed by atoms with Crippen LogP contribution in [0.1, 0.15) is 49.8 Å². The third-order valence-electron chi connectivity index (χ3n) is 6.57. The molecule has 0 amide bonds. The van der Waals surface area contributed by atoms with Gasteiger partial charge < -0.3 is 14.2 Å². The highest BCUT2D eigenvalue weighted by Gasteiger charge is 2.20. The Balaban J connectivity index is 1.34. The lowest BCUT2D eigenvalue weighted by molar-refractivity contribution is -0.384. The molecule has 1 aromatic carbocycles. The zero-order valence-electron chi connectivity index (χ0n) is 20.4. The molecule has 0 spiro atoms. The number of nitro groups is 1. The number of anilines is 3. The van der Waals surface area contributed by atoms with Crippen molar-refractivity contribution in [1.82, 2.24) is 15.0 Å². The Morgan fingerprint density at radius 3 is 2.19 bits per heavy atom. The summed E-state index contributed by atoms with van der Waals surface area (Å²) in [5.74, 6) is 2.81. The van der Waals surface area contributed by atoms with Crippen LogP contribution in [0.15, 0.2) is 39.9 Å². The molecule has 1 N–H and O–H groups in total. The highest BCUT2D eigenvalue weighted by atomic mass is 16.6. The number of piperidine rings is 2. The van der Waals surface area contributed by atoms with Crippen molar-refractivity contribution in [3.8, 4) is 11.3 Å². The summed E-state index contributed by atoms with van der Waals surface area (Å²) in [5.41, 5.74) is 4.52. The number of nitrogens with zero attached hydrogens (tertiary/aromatic N) is 7. The zero-order chi connectivity index (χ0) is 24.9. The predicted octanol–water partition coefficient (Wildman–Crippen LogP) is 4.77. The quantitative estimate of drug-likeness (QED) is 0.283. The summed E-state index contributed by atoms with van der Waals surface area (Å²) in [6.45, 7) is 5.66. The molecule has 2 fully saturated rings. The van der Waals surface area contributed by atoms with Gasteiger partial charge in [-0.2, -0.15) is 20.1 Å². The molecule has 11 nitrogen and oxygen atoms in total. The van der Waals surface area contributed by atoms with Gasteiger partial charge in [-0.15, -0.1) is 0 Å². The third kappa shape index (κ3) is 5.45. The van der Waals surface area contributed by atoms with E-state index in [9.17, 15) is 10.1 Å². The van der Waals surface area contributed by atoms with Crippen LogP contribution in [0, 0.1) is 17.0 Å². The summed E-state index contributed by atoms with van der Waals surface area (Å²) in [5, 5.41) is 15.4. The van der Waals surface area contributed by atoms with Crippen LogP contribution in [0.3, 0.4) is 0 Å². The Kier molecular flexibility index (Phi) is 7.06. The first-order valence-corrected chi connectivity index (χ1v) is 12.5. The molecule has 2 saturated heterocycles. The van der Waals surface area contributed by atoms with Gasteiger partial charge in [-0.25, -0.2) is 5.43 Å². The van der Waals surface area contributed by atoms with E-state index in [2.05, 4.69) is 30.3 Å². The van der Waals surface area contributed by atoms with Gasteiger partial charge in [-0.05, 0) is 63.1 Å². The van der Waals surface area contributed by atoms with Gasteiger partial charge in [0.15, 0.2) is 0 Å². The lowest BCUT2D eigenvalue weighted by atomic mass is 10.1. The maximum atomic E-state index is 11.2. The number of hydrazone groups is 1. The van der Waals surface area contributed by atoms with Crippen LogP contribution in [-0.4, -0.2) is 52.3 Å². The van der Waals surface area contributed by atoms with Crippen LogP contribution in [0.2, 0.25) is 0 Å². The fraction of sp³-hybridized carbons (Fsp3) is 0.440. The predicted molar refractivity (Wildman–Crippen MR) is 139 cm³/mol. The van der Waals surface area contributed by atoms with Gasteiger partial charge in [-0.1, -0.05) is 6.07 Å². The number of non-ortho nitro benzene ring substituents is 1. The molecule has 2 aromatic heterocycles. The second-order valence-electron chi connectivity index (χ2n) is 9.18. The minimum atomic E-state index is -0.414. The van der Waals surface area contributed by atoms with Gasteiger partial charge in [0, 0.05) is 43.9 Å². The number of aromatic nitrogens is 3. The Bertz CT molecular complexity index is 1210. The zero-order valence-corrected chi connectivity index (χ0v) is 20.4. The van der Waals surface area contributed by atoms with Gasteiger partial charge in [0.25, 0.3) is 5.69 Å². The molecule has 0 saturated carbocycles. The van der Waals surface area contributed by atoms with Gasteiger partial charge in [0.05, 0.1) is 11.1 Å². The summed E-state index contributed by atoms with van der Waals surface area (Å²) in [7, 11) is 0. The molecule has 4 heterocycles. The van der Waals surface area contributed by atoms with Gasteiger partial charge in [-0.3, -0.25) is 10.1 Å². The van der Waals surface area contributed by atoms with Crippen molar-refractivity contribution in [2.75, 3.05) is 41.4 Å². The smallest absolute Gasteiger partial charge is 0.270 e. The summed E-state index contributed by atoms with van der Waals surface area (Å²) in [6.07, 6.45) is 8.55. The van der Waals surface area contributed by atoms with Gasteiger partial charge in [0.1, 0.15) is 11.5 Å². The highest BCUT2D eigenvalue weighted by Crippen LogP contribution is 2.29. The number of nitro benzene ring substituents is 1. The molecule has 36 heavy (non-hydrogen) atoms. The van der Waals surface area contributed by atoms with Gasteiger partial charge in [0.2, 0.25) is 17.8 Å². The molecule has 2 aliphatic heterocycles. The first kappa shape index (κ1) is 23.7. The topological polar surface area (TPSA) is 126 Å². The molecule has 3 aromatic rings. The molecule has 188 valence electrons. The minimum Gasteiger partial charge on any atom is -0.455 e. The number of nitrogens with one attached hydrogen (secondary N) is 1. The monoisotopic (exact) mass is 490 g/mol. The van der Waals surface area contributed by atoms with E-state index in [1.54, 1.807) is 24.4 Å². The number of furan rings is 1. The first-order chi connectivity index (χ1) is 17.6. The van der Waals surface area contributed by atoms with Crippen LogP contribution in [0.5, 0.6) is 0 Å². The van der Waals surface area contributed by atoms with Crippen LogP contribution in [0.25, 0.3) is 11.3 Å². The Morgan fingerprint density at radius 2 is 1.58 bits per heavy atom. The van der Waals surface area contributed by atoms with Crippen molar-refractivity contribution in [3.63, 3.8) is 0 Å². The number of aryl methyl sites for hydroxylation is 1. The normalized spacial score (nSPS) is 16.5. The Hall–Kier alpha value is -4.02.